The van der Waals surface area contributed by atoms with Crippen LogP contribution in [0.5, 0.6) is 5.75 Å². The smallest absolute Gasteiger partial charge is 0.189 e. The van der Waals surface area contributed by atoms with E-state index in [1.807, 2.05) is 31.3 Å². The van der Waals surface area contributed by atoms with Crippen LogP contribution < -0.4 is 20.8 Å². The van der Waals surface area contributed by atoms with Gasteiger partial charge in [-0.2, -0.15) is 5.10 Å². The molecule has 0 unspecified atom stereocenters. The molecule has 1 saturated heterocycles. The predicted octanol–water partition coefficient (Wildman–Crippen LogP) is 2.16. The number of nitrogens with zero attached hydrogens (tertiary/aromatic N) is 4. The average Bonchev–Trinajstić information content (AvgIpc) is 2.72. The van der Waals surface area contributed by atoms with Crippen molar-refractivity contribution in [3.63, 3.8) is 0 Å². The van der Waals surface area contributed by atoms with Crippen LogP contribution in [-0.4, -0.2) is 53.5 Å². The lowest BCUT2D eigenvalue weighted by atomic mass is 10.1. The van der Waals surface area contributed by atoms with Crippen LogP contribution in [0, 0.1) is 6.92 Å². The highest BCUT2D eigenvalue weighted by Crippen LogP contribution is 2.24. The van der Waals surface area contributed by atoms with Crippen LogP contribution in [0.3, 0.4) is 0 Å². The third kappa shape index (κ3) is 4.01. The summed E-state index contributed by atoms with van der Waals surface area (Å²) in [4.78, 5) is 8.96. The van der Waals surface area contributed by atoms with Crippen LogP contribution in [0.2, 0.25) is 0 Å². The second-order valence-electron chi connectivity index (χ2n) is 7.00. The maximum absolute atomic E-state index is 5.77. The van der Waals surface area contributed by atoms with Crippen molar-refractivity contribution >= 4 is 34.4 Å². The lowest BCUT2D eigenvalue weighted by Gasteiger charge is -2.37. The summed E-state index contributed by atoms with van der Waals surface area (Å²) < 4.78 is 5.69. The molecule has 4 rings (SSSR count). The van der Waals surface area contributed by atoms with Crippen molar-refractivity contribution in [2.24, 2.45) is 5.10 Å². The number of ether oxygens (including phenoxy) is 1. The second-order valence-corrected chi connectivity index (χ2v) is 7.39. The van der Waals surface area contributed by atoms with Gasteiger partial charge in [-0.1, -0.05) is 0 Å². The van der Waals surface area contributed by atoms with E-state index >= 15 is 0 Å². The zero-order valence-corrected chi connectivity index (χ0v) is 16.7. The molecule has 7 nitrogen and oxygen atoms in total. The summed E-state index contributed by atoms with van der Waals surface area (Å²) >= 11 is 5.56. The Kier molecular flexibility index (Phi) is 5.29. The molecule has 0 spiro atoms. The molecule has 0 saturated carbocycles. The Labute approximate surface area is 170 Å². The van der Waals surface area contributed by atoms with Gasteiger partial charge in [0.2, 0.25) is 0 Å². The Morgan fingerprint density at radius 1 is 1.21 bits per heavy atom. The number of anilines is 2. The highest BCUT2D eigenvalue weighted by molar-refractivity contribution is 7.80. The van der Waals surface area contributed by atoms with E-state index in [1.165, 1.54) is 5.69 Å². The van der Waals surface area contributed by atoms with Gasteiger partial charge < -0.3 is 20.3 Å². The van der Waals surface area contributed by atoms with Crippen LogP contribution >= 0.6 is 12.2 Å². The van der Waals surface area contributed by atoms with Crippen molar-refractivity contribution in [1.29, 1.82) is 0 Å². The molecule has 2 aliphatic heterocycles. The van der Waals surface area contributed by atoms with Crippen LogP contribution in [0.4, 0.5) is 11.4 Å². The maximum Gasteiger partial charge on any atom is 0.189 e. The fraction of sp³-hybridized carbons (Fsp3) is 0.350. The van der Waals surface area contributed by atoms with Crippen LogP contribution in [0.15, 0.2) is 41.6 Å². The Morgan fingerprint density at radius 3 is 2.71 bits per heavy atom. The van der Waals surface area contributed by atoms with Crippen molar-refractivity contribution in [2.75, 3.05) is 43.4 Å². The highest BCUT2D eigenvalue weighted by atomic mass is 32.1. The number of aryl methyl sites for hydroxylation is 1. The summed E-state index contributed by atoms with van der Waals surface area (Å²) in [6.07, 6.45) is 2.54. The first-order valence-electron chi connectivity index (χ1n) is 9.42. The van der Waals surface area contributed by atoms with Crippen molar-refractivity contribution in [2.45, 2.75) is 13.3 Å². The van der Waals surface area contributed by atoms with Gasteiger partial charge in [0, 0.05) is 50.2 Å². The summed E-state index contributed by atoms with van der Waals surface area (Å²) in [5, 5.41) is 5.17. The molecular weight excluding hydrogens is 372 g/mol. The van der Waals surface area contributed by atoms with Gasteiger partial charge in [-0.3, -0.25) is 10.4 Å². The quantitative estimate of drug-likeness (QED) is 0.457. The minimum absolute atomic E-state index is 0.603. The molecule has 0 aliphatic carbocycles. The molecule has 3 heterocycles. The first kappa shape index (κ1) is 18.5. The molecular formula is C20H24N6OS. The number of rotatable bonds is 2. The highest BCUT2D eigenvalue weighted by Gasteiger charge is 2.21. The van der Waals surface area contributed by atoms with E-state index in [1.54, 1.807) is 0 Å². The Balaban J connectivity index is 1.35. The fourth-order valence-electron chi connectivity index (χ4n) is 3.39. The molecule has 0 radical (unpaired) electrons. The SMILES string of the molecule is Cc1cnc2c(c1)OCC/C2=N/NC(=S)N1CCN(c2ccc(N)cc2)CC1. The monoisotopic (exact) mass is 396 g/mol. The van der Waals surface area contributed by atoms with Gasteiger partial charge >= 0.3 is 0 Å². The normalized spacial score (nSPS) is 17.8. The zero-order valence-electron chi connectivity index (χ0n) is 15.9. The van der Waals surface area contributed by atoms with E-state index in [9.17, 15) is 0 Å². The summed E-state index contributed by atoms with van der Waals surface area (Å²) in [5.41, 5.74) is 13.5. The minimum Gasteiger partial charge on any atom is -0.491 e. The van der Waals surface area contributed by atoms with Gasteiger partial charge in [0.1, 0.15) is 11.4 Å². The number of thiocarbonyl (C=S) groups is 1. The van der Waals surface area contributed by atoms with Crippen LogP contribution in [0.1, 0.15) is 17.7 Å². The van der Waals surface area contributed by atoms with E-state index in [2.05, 4.69) is 37.4 Å². The first-order valence-corrected chi connectivity index (χ1v) is 9.83. The van der Waals surface area contributed by atoms with Gasteiger partial charge in [-0.05, 0) is 55.0 Å². The Morgan fingerprint density at radius 2 is 1.96 bits per heavy atom. The molecule has 0 bridgehead atoms. The molecule has 1 aromatic heterocycles. The number of pyridine rings is 1. The first-order chi connectivity index (χ1) is 13.6. The molecule has 146 valence electrons. The number of nitrogen functional groups attached to an aromatic ring is 1. The number of hydrogen-bond donors (Lipinski definition) is 2. The summed E-state index contributed by atoms with van der Waals surface area (Å²) in [5.74, 6) is 0.787. The van der Waals surface area contributed by atoms with Crippen LogP contribution in [-0.2, 0) is 0 Å². The van der Waals surface area contributed by atoms with Gasteiger partial charge in [0.15, 0.2) is 5.11 Å². The van der Waals surface area contributed by atoms with E-state index in [0.29, 0.717) is 18.1 Å². The average molecular weight is 397 g/mol. The van der Waals surface area contributed by atoms with Crippen molar-refractivity contribution in [3.05, 3.63) is 47.8 Å². The lowest BCUT2D eigenvalue weighted by molar-refractivity contribution is 0.317. The predicted molar refractivity (Wildman–Crippen MR) is 116 cm³/mol. The second kappa shape index (κ2) is 8.02. The number of fused-ring (bicyclic) bond motifs is 1. The maximum atomic E-state index is 5.77. The van der Waals surface area contributed by atoms with Crippen molar-refractivity contribution in [1.82, 2.24) is 15.3 Å². The molecule has 0 amide bonds. The number of nitrogens with two attached hydrogens (primary N) is 1. The molecule has 1 fully saturated rings. The fourth-order valence-corrected chi connectivity index (χ4v) is 3.62. The molecule has 2 aliphatic rings. The largest absolute Gasteiger partial charge is 0.491 e. The van der Waals surface area contributed by atoms with E-state index in [-0.39, 0.29) is 0 Å². The standard InChI is InChI=1S/C20H24N6OS/c1-14-12-18-19(22-13-14)17(6-11-27-18)23-24-20(28)26-9-7-25(8-10-26)16-4-2-15(21)3-5-16/h2-5,12-13H,6-11,21H2,1H3,(H,24,28)/b23-17-. The van der Waals surface area contributed by atoms with Crippen molar-refractivity contribution < 1.29 is 4.74 Å². The zero-order chi connectivity index (χ0) is 19.5. The molecule has 2 aromatic rings. The number of piperazine rings is 1. The van der Waals surface area contributed by atoms with Gasteiger partial charge in [-0.25, -0.2) is 0 Å². The molecule has 1 aromatic carbocycles. The third-order valence-corrected chi connectivity index (χ3v) is 5.32. The lowest BCUT2D eigenvalue weighted by Crippen LogP contribution is -2.51. The third-order valence-electron chi connectivity index (χ3n) is 4.97. The van der Waals surface area contributed by atoms with Gasteiger partial charge in [0.05, 0.1) is 12.3 Å². The Hall–Kier alpha value is -2.87. The number of aromatic nitrogens is 1. The number of nitrogens with one attached hydrogen (secondary N) is 1. The van der Waals surface area contributed by atoms with Crippen molar-refractivity contribution in [3.8, 4) is 5.75 Å². The molecule has 0 atom stereocenters. The van der Waals surface area contributed by atoms with E-state index in [0.717, 1.165) is 54.6 Å². The summed E-state index contributed by atoms with van der Waals surface area (Å²) in [6, 6.07) is 9.98. The molecule has 8 heteroatoms. The summed E-state index contributed by atoms with van der Waals surface area (Å²) in [6.45, 7) is 6.10. The molecule has 28 heavy (non-hydrogen) atoms. The summed E-state index contributed by atoms with van der Waals surface area (Å²) in [7, 11) is 0. The van der Waals surface area contributed by atoms with Gasteiger partial charge in [-0.15, -0.1) is 0 Å². The minimum atomic E-state index is 0.603. The Bertz CT molecular complexity index is 890. The van der Waals surface area contributed by atoms with E-state index in [4.69, 9.17) is 22.7 Å². The number of hydrazone groups is 1. The number of benzene rings is 1. The number of hydrogen-bond acceptors (Lipinski definition) is 6. The van der Waals surface area contributed by atoms with Crippen LogP contribution in [0.25, 0.3) is 0 Å². The molecule has 3 N–H and O–H groups in total. The van der Waals surface area contributed by atoms with E-state index < -0.39 is 0 Å². The topological polar surface area (TPSA) is 79.0 Å². The van der Waals surface area contributed by atoms with Gasteiger partial charge in [0.25, 0.3) is 0 Å².